The van der Waals surface area contributed by atoms with Crippen LogP contribution in [-0.4, -0.2) is 25.1 Å². The molecular formula is C12H14N2O2. The van der Waals surface area contributed by atoms with Crippen molar-refractivity contribution >= 4 is 11.6 Å². The van der Waals surface area contributed by atoms with E-state index in [2.05, 4.69) is 0 Å². The van der Waals surface area contributed by atoms with Gasteiger partial charge in [0.1, 0.15) is 5.75 Å². The van der Waals surface area contributed by atoms with Crippen molar-refractivity contribution in [3.63, 3.8) is 0 Å². The maximum atomic E-state index is 11.7. The minimum atomic E-state index is -0.0306. The Morgan fingerprint density at radius 2 is 2.31 bits per heavy atom. The predicted molar refractivity (Wildman–Crippen MR) is 60.6 cm³/mol. The second-order valence-corrected chi connectivity index (χ2v) is 4.36. The number of ether oxygens (including phenoxy) is 1. The molecule has 4 nitrogen and oxygen atoms in total. The molecule has 2 aliphatic heterocycles. The van der Waals surface area contributed by atoms with Gasteiger partial charge in [0.2, 0.25) is 5.91 Å². The quantitative estimate of drug-likeness (QED) is 0.754. The van der Waals surface area contributed by atoms with E-state index in [9.17, 15) is 4.79 Å². The van der Waals surface area contributed by atoms with Gasteiger partial charge >= 0.3 is 0 Å². The molecule has 0 radical (unpaired) electrons. The Labute approximate surface area is 94.0 Å². The molecule has 0 spiro atoms. The van der Waals surface area contributed by atoms with E-state index in [1.165, 1.54) is 5.56 Å². The number of anilines is 1. The zero-order valence-corrected chi connectivity index (χ0v) is 8.98. The third-order valence-corrected chi connectivity index (χ3v) is 3.14. The lowest BCUT2D eigenvalue weighted by Gasteiger charge is -2.16. The van der Waals surface area contributed by atoms with E-state index in [0.29, 0.717) is 13.0 Å². The molecule has 1 saturated heterocycles. The van der Waals surface area contributed by atoms with Gasteiger partial charge in [-0.1, -0.05) is 0 Å². The Morgan fingerprint density at radius 1 is 1.44 bits per heavy atom. The molecule has 1 unspecified atom stereocenters. The first-order valence-electron chi connectivity index (χ1n) is 5.56. The molecule has 3 rings (SSSR count). The van der Waals surface area contributed by atoms with Gasteiger partial charge in [-0.25, -0.2) is 0 Å². The first-order valence-corrected chi connectivity index (χ1v) is 5.56. The Hall–Kier alpha value is -1.55. The van der Waals surface area contributed by atoms with Gasteiger partial charge in [0, 0.05) is 31.1 Å². The lowest BCUT2D eigenvalue weighted by molar-refractivity contribution is -0.117. The van der Waals surface area contributed by atoms with Crippen LogP contribution in [-0.2, 0) is 11.2 Å². The van der Waals surface area contributed by atoms with E-state index < -0.39 is 0 Å². The lowest BCUT2D eigenvalue weighted by Crippen LogP contribution is -2.27. The molecule has 0 aromatic heterocycles. The molecule has 2 N–H and O–H groups in total. The molecule has 16 heavy (non-hydrogen) atoms. The van der Waals surface area contributed by atoms with E-state index in [1.54, 1.807) is 4.90 Å². The number of benzene rings is 1. The first-order chi connectivity index (χ1) is 7.74. The number of nitrogens with zero attached hydrogens (tertiary/aromatic N) is 1. The smallest absolute Gasteiger partial charge is 0.228 e. The standard InChI is InChI=1S/C12H14N2O2/c13-9-6-12(15)14(7-9)10-1-2-11-8(5-10)3-4-16-11/h1-2,5,9H,3-4,6-7,13H2. The van der Waals surface area contributed by atoms with Crippen LogP contribution in [0.15, 0.2) is 18.2 Å². The van der Waals surface area contributed by atoms with Crippen LogP contribution < -0.4 is 15.4 Å². The van der Waals surface area contributed by atoms with Crippen LogP contribution in [0.25, 0.3) is 0 Å². The Bertz CT molecular complexity index is 445. The number of amides is 1. The van der Waals surface area contributed by atoms with Gasteiger partial charge in [-0.3, -0.25) is 4.79 Å². The van der Waals surface area contributed by atoms with Gasteiger partial charge in [-0.05, 0) is 23.8 Å². The summed E-state index contributed by atoms with van der Waals surface area (Å²) in [6, 6.07) is 5.88. The molecular weight excluding hydrogens is 204 g/mol. The van der Waals surface area contributed by atoms with Crippen molar-refractivity contribution in [2.45, 2.75) is 18.9 Å². The van der Waals surface area contributed by atoms with E-state index >= 15 is 0 Å². The molecule has 1 fully saturated rings. The molecule has 1 amide bonds. The Balaban J connectivity index is 1.92. The monoisotopic (exact) mass is 218 g/mol. The van der Waals surface area contributed by atoms with Crippen molar-refractivity contribution in [1.29, 1.82) is 0 Å². The number of fused-ring (bicyclic) bond motifs is 1. The van der Waals surface area contributed by atoms with E-state index in [0.717, 1.165) is 24.5 Å². The molecule has 1 atom stereocenters. The molecule has 0 bridgehead atoms. The van der Waals surface area contributed by atoms with Gasteiger partial charge in [0.05, 0.1) is 6.61 Å². The van der Waals surface area contributed by atoms with Crippen LogP contribution in [0.1, 0.15) is 12.0 Å². The fraction of sp³-hybridized carbons (Fsp3) is 0.417. The SMILES string of the molecule is NC1CC(=O)N(c2ccc3c(c2)CCO3)C1. The molecule has 1 aromatic carbocycles. The third-order valence-electron chi connectivity index (χ3n) is 3.14. The maximum absolute atomic E-state index is 11.7. The topological polar surface area (TPSA) is 55.6 Å². The van der Waals surface area contributed by atoms with Crippen LogP contribution >= 0.6 is 0 Å². The number of nitrogens with two attached hydrogens (primary N) is 1. The second-order valence-electron chi connectivity index (χ2n) is 4.36. The first kappa shape index (κ1) is 9.66. The summed E-state index contributed by atoms with van der Waals surface area (Å²) >= 11 is 0. The molecule has 0 saturated carbocycles. The van der Waals surface area contributed by atoms with Crippen molar-refractivity contribution in [3.8, 4) is 5.75 Å². The highest BCUT2D eigenvalue weighted by molar-refractivity contribution is 5.96. The fourth-order valence-electron chi connectivity index (χ4n) is 2.33. The van der Waals surface area contributed by atoms with Crippen molar-refractivity contribution in [2.24, 2.45) is 5.73 Å². The number of hydrogen-bond donors (Lipinski definition) is 1. The summed E-state index contributed by atoms with van der Waals surface area (Å²) in [5, 5.41) is 0. The molecule has 4 heteroatoms. The largest absolute Gasteiger partial charge is 0.493 e. The number of rotatable bonds is 1. The number of carbonyl (C=O) groups is 1. The van der Waals surface area contributed by atoms with Crippen LogP contribution in [0.4, 0.5) is 5.69 Å². The average Bonchev–Trinajstić information content (AvgIpc) is 2.83. The molecule has 1 aromatic rings. The molecule has 0 aliphatic carbocycles. The molecule has 2 heterocycles. The highest BCUT2D eigenvalue weighted by Gasteiger charge is 2.28. The normalized spacial score (nSPS) is 23.4. The number of carbonyl (C=O) groups excluding carboxylic acids is 1. The maximum Gasteiger partial charge on any atom is 0.228 e. The van der Waals surface area contributed by atoms with E-state index in [4.69, 9.17) is 10.5 Å². The van der Waals surface area contributed by atoms with E-state index in [-0.39, 0.29) is 11.9 Å². The average molecular weight is 218 g/mol. The van der Waals surface area contributed by atoms with Crippen molar-refractivity contribution in [2.75, 3.05) is 18.1 Å². The summed E-state index contributed by atoms with van der Waals surface area (Å²) in [6.45, 7) is 1.37. The summed E-state index contributed by atoms with van der Waals surface area (Å²) in [5.41, 5.74) is 7.91. The summed E-state index contributed by atoms with van der Waals surface area (Å²) in [4.78, 5) is 13.5. The summed E-state index contributed by atoms with van der Waals surface area (Å²) in [6.07, 6.45) is 1.38. The fourth-order valence-corrected chi connectivity index (χ4v) is 2.33. The highest BCUT2D eigenvalue weighted by Crippen LogP contribution is 2.31. The summed E-state index contributed by atoms with van der Waals surface area (Å²) < 4.78 is 5.44. The zero-order chi connectivity index (χ0) is 11.1. The molecule has 84 valence electrons. The van der Waals surface area contributed by atoms with Crippen LogP contribution in [0, 0.1) is 0 Å². The third kappa shape index (κ3) is 1.46. The van der Waals surface area contributed by atoms with Crippen molar-refractivity contribution in [1.82, 2.24) is 0 Å². The summed E-state index contributed by atoms with van der Waals surface area (Å²) in [7, 11) is 0. The minimum absolute atomic E-state index is 0.0306. The van der Waals surface area contributed by atoms with E-state index in [1.807, 2.05) is 18.2 Å². The summed E-state index contributed by atoms with van der Waals surface area (Å²) in [5.74, 6) is 1.06. The number of hydrogen-bond acceptors (Lipinski definition) is 3. The van der Waals surface area contributed by atoms with Crippen molar-refractivity contribution in [3.05, 3.63) is 23.8 Å². The van der Waals surface area contributed by atoms with Gasteiger partial charge in [-0.2, -0.15) is 0 Å². The lowest BCUT2D eigenvalue weighted by atomic mass is 10.1. The van der Waals surface area contributed by atoms with Gasteiger partial charge < -0.3 is 15.4 Å². The Kier molecular flexibility index (Phi) is 2.11. The predicted octanol–water partition coefficient (Wildman–Crippen LogP) is 0.685. The van der Waals surface area contributed by atoms with Crippen LogP contribution in [0.5, 0.6) is 5.75 Å². The van der Waals surface area contributed by atoms with Gasteiger partial charge in [-0.15, -0.1) is 0 Å². The van der Waals surface area contributed by atoms with Gasteiger partial charge in [0.25, 0.3) is 0 Å². The minimum Gasteiger partial charge on any atom is -0.493 e. The van der Waals surface area contributed by atoms with Gasteiger partial charge in [0.15, 0.2) is 0 Å². The Morgan fingerprint density at radius 3 is 3.06 bits per heavy atom. The highest BCUT2D eigenvalue weighted by atomic mass is 16.5. The van der Waals surface area contributed by atoms with Crippen LogP contribution in [0.3, 0.4) is 0 Å². The zero-order valence-electron chi connectivity index (χ0n) is 8.98. The van der Waals surface area contributed by atoms with Crippen LogP contribution in [0.2, 0.25) is 0 Å². The van der Waals surface area contributed by atoms with Crippen molar-refractivity contribution < 1.29 is 9.53 Å². The second kappa shape index (κ2) is 3.49. The molecule has 2 aliphatic rings.